The molecule has 6 heteroatoms. The third-order valence-electron chi connectivity index (χ3n) is 3.86. The van der Waals surface area contributed by atoms with Gasteiger partial charge in [-0.15, -0.1) is 0 Å². The van der Waals surface area contributed by atoms with Gasteiger partial charge in [-0.05, 0) is 46.1 Å². The molecular formula is C18H16BrNO3S. The molecule has 0 heterocycles. The second kappa shape index (κ2) is 6.45. The second-order valence-electron chi connectivity index (χ2n) is 5.40. The van der Waals surface area contributed by atoms with E-state index in [0.717, 1.165) is 12.0 Å². The standard InChI is InChI=1S/C18H16BrNO3S/c1-2-12-7-9-13(10-8-12)24(22,23)20-17-11-16(19)18(21)15-6-4-3-5-14(15)17/h3-11,20-21H,2H2,1H3. The summed E-state index contributed by atoms with van der Waals surface area (Å²) in [5, 5.41) is 11.3. The van der Waals surface area contributed by atoms with Crippen LogP contribution in [0.3, 0.4) is 0 Å². The van der Waals surface area contributed by atoms with Crippen LogP contribution in [0.2, 0.25) is 0 Å². The van der Waals surface area contributed by atoms with Crippen molar-refractivity contribution in [2.45, 2.75) is 18.2 Å². The molecule has 124 valence electrons. The Morgan fingerprint density at radius 1 is 1.04 bits per heavy atom. The maximum Gasteiger partial charge on any atom is 0.261 e. The van der Waals surface area contributed by atoms with Gasteiger partial charge in [-0.1, -0.05) is 43.3 Å². The van der Waals surface area contributed by atoms with Crippen LogP contribution >= 0.6 is 15.9 Å². The molecule has 0 bridgehead atoms. The summed E-state index contributed by atoms with van der Waals surface area (Å²) in [5.74, 6) is 0.0841. The van der Waals surface area contributed by atoms with Crippen LogP contribution < -0.4 is 4.72 Å². The van der Waals surface area contributed by atoms with Crippen molar-refractivity contribution >= 4 is 42.4 Å². The van der Waals surface area contributed by atoms with E-state index in [9.17, 15) is 13.5 Å². The summed E-state index contributed by atoms with van der Waals surface area (Å²) in [6.07, 6.45) is 0.850. The lowest BCUT2D eigenvalue weighted by molar-refractivity contribution is 0.478. The molecule has 3 aromatic carbocycles. The van der Waals surface area contributed by atoms with Crippen molar-refractivity contribution in [2.24, 2.45) is 0 Å². The fraction of sp³-hybridized carbons (Fsp3) is 0.111. The van der Waals surface area contributed by atoms with Crippen molar-refractivity contribution < 1.29 is 13.5 Å². The summed E-state index contributed by atoms with van der Waals surface area (Å²) in [6, 6.07) is 15.5. The van der Waals surface area contributed by atoms with Gasteiger partial charge in [-0.25, -0.2) is 8.42 Å². The molecule has 0 aromatic heterocycles. The number of anilines is 1. The third kappa shape index (κ3) is 3.12. The molecule has 0 atom stereocenters. The normalized spacial score (nSPS) is 11.6. The van der Waals surface area contributed by atoms with Gasteiger partial charge < -0.3 is 5.11 Å². The largest absolute Gasteiger partial charge is 0.506 e. The summed E-state index contributed by atoms with van der Waals surface area (Å²) in [5.41, 5.74) is 1.49. The summed E-state index contributed by atoms with van der Waals surface area (Å²) < 4.78 is 28.3. The Balaban J connectivity index is 2.07. The van der Waals surface area contributed by atoms with E-state index in [0.29, 0.717) is 20.9 Å². The zero-order chi connectivity index (χ0) is 17.3. The number of nitrogens with one attached hydrogen (secondary N) is 1. The van der Waals surface area contributed by atoms with Gasteiger partial charge in [0.2, 0.25) is 0 Å². The zero-order valence-electron chi connectivity index (χ0n) is 13.0. The number of phenolic OH excluding ortho intramolecular Hbond substituents is 1. The van der Waals surface area contributed by atoms with E-state index in [1.807, 2.05) is 6.92 Å². The fourth-order valence-electron chi connectivity index (χ4n) is 2.52. The van der Waals surface area contributed by atoms with Crippen LogP contribution in [0.15, 0.2) is 64.0 Å². The van der Waals surface area contributed by atoms with E-state index in [4.69, 9.17) is 0 Å². The lowest BCUT2D eigenvalue weighted by Crippen LogP contribution is -2.13. The van der Waals surface area contributed by atoms with Crippen LogP contribution in [-0.2, 0) is 16.4 Å². The van der Waals surface area contributed by atoms with Crippen molar-refractivity contribution in [1.29, 1.82) is 0 Å². The average Bonchev–Trinajstić information content (AvgIpc) is 2.59. The highest BCUT2D eigenvalue weighted by molar-refractivity contribution is 9.10. The van der Waals surface area contributed by atoms with Crippen LogP contribution in [0.1, 0.15) is 12.5 Å². The number of hydrogen-bond donors (Lipinski definition) is 2. The van der Waals surface area contributed by atoms with E-state index in [1.54, 1.807) is 54.6 Å². The highest BCUT2D eigenvalue weighted by atomic mass is 79.9. The maximum absolute atomic E-state index is 12.7. The summed E-state index contributed by atoms with van der Waals surface area (Å²) in [7, 11) is -3.71. The third-order valence-corrected chi connectivity index (χ3v) is 5.84. The zero-order valence-corrected chi connectivity index (χ0v) is 15.4. The van der Waals surface area contributed by atoms with Crippen LogP contribution in [0.25, 0.3) is 10.8 Å². The van der Waals surface area contributed by atoms with Gasteiger partial charge in [0.15, 0.2) is 0 Å². The first-order chi connectivity index (χ1) is 11.4. The minimum atomic E-state index is -3.71. The fourth-order valence-corrected chi connectivity index (χ4v) is 4.03. The SMILES string of the molecule is CCc1ccc(S(=O)(=O)Nc2cc(Br)c(O)c3ccccc23)cc1. The molecule has 0 fully saturated rings. The highest BCUT2D eigenvalue weighted by Gasteiger charge is 2.17. The molecule has 3 aromatic rings. The number of hydrogen-bond acceptors (Lipinski definition) is 3. The molecule has 3 rings (SSSR count). The Hall–Kier alpha value is -2.05. The topological polar surface area (TPSA) is 66.4 Å². The van der Waals surface area contributed by atoms with Crippen LogP contribution in [0, 0.1) is 0 Å². The van der Waals surface area contributed by atoms with Gasteiger partial charge in [-0.2, -0.15) is 0 Å². The van der Waals surface area contributed by atoms with Gasteiger partial charge in [0.05, 0.1) is 15.1 Å². The summed E-state index contributed by atoms with van der Waals surface area (Å²) >= 11 is 3.27. The Labute approximate surface area is 149 Å². The molecule has 4 nitrogen and oxygen atoms in total. The van der Waals surface area contributed by atoms with Crippen molar-refractivity contribution in [2.75, 3.05) is 4.72 Å². The monoisotopic (exact) mass is 405 g/mol. The smallest absolute Gasteiger partial charge is 0.261 e. The molecule has 0 aliphatic heterocycles. The highest BCUT2D eigenvalue weighted by Crippen LogP contribution is 2.38. The van der Waals surface area contributed by atoms with E-state index in [2.05, 4.69) is 20.7 Å². The number of aromatic hydroxyl groups is 1. The van der Waals surface area contributed by atoms with Gasteiger partial charge in [0, 0.05) is 10.8 Å². The number of benzene rings is 3. The molecule has 0 saturated heterocycles. The average molecular weight is 406 g/mol. The number of sulfonamides is 1. The van der Waals surface area contributed by atoms with Gasteiger partial charge >= 0.3 is 0 Å². The van der Waals surface area contributed by atoms with Gasteiger partial charge in [0.1, 0.15) is 5.75 Å². The Kier molecular flexibility index (Phi) is 4.51. The maximum atomic E-state index is 12.7. The van der Waals surface area contributed by atoms with Gasteiger partial charge in [-0.3, -0.25) is 4.72 Å². The number of aryl methyl sites for hydroxylation is 1. The number of halogens is 1. The summed E-state index contributed by atoms with van der Waals surface area (Å²) in [6.45, 7) is 2.02. The Morgan fingerprint density at radius 2 is 1.67 bits per heavy atom. The van der Waals surface area contributed by atoms with Crippen molar-refractivity contribution in [3.63, 3.8) is 0 Å². The minimum Gasteiger partial charge on any atom is -0.506 e. The second-order valence-corrected chi connectivity index (χ2v) is 7.94. The van der Waals surface area contributed by atoms with E-state index in [1.165, 1.54) is 0 Å². The van der Waals surface area contributed by atoms with E-state index < -0.39 is 10.0 Å². The number of fused-ring (bicyclic) bond motifs is 1. The Morgan fingerprint density at radius 3 is 2.29 bits per heavy atom. The van der Waals surface area contributed by atoms with E-state index >= 15 is 0 Å². The molecule has 24 heavy (non-hydrogen) atoms. The molecule has 0 amide bonds. The predicted molar refractivity (Wildman–Crippen MR) is 99.9 cm³/mol. The van der Waals surface area contributed by atoms with Crippen molar-refractivity contribution in [3.05, 3.63) is 64.6 Å². The van der Waals surface area contributed by atoms with Crippen LogP contribution in [0.4, 0.5) is 5.69 Å². The first kappa shape index (κ1) is 16.8. The molecule has 0 radical (unpaired) electrons. The van der Waals surface area contributed by atoms with Crippen molar-refractivity contribution in [3.8, 4) is 5.75 Å². The van der Waals surface area contributed by atoms with Gasteiger partial charge in [0.25, 0.3) is 10.0 Å². The molecule has 0 aliphatic rings. The molecular weight excluding hydrogens is 390 g/mol. The lowest BCUT2D eigenvalue weighted by atomic mass is 10.1. The first-order valence-corrected chi connectivity index (χ1v) is 9.72. The predicted octanol–water partition coefficient (Wildman–Crippen LogP) is 4.67. The van der Waals surface area contributed by atoms with E-state index in [-0.39, 0.29) is 10.6 Å². The van der Waals surface area contributed by atoms with Crippen LogP contribution in [0.5, 0.6) is 5.75 Å². The molecule has 2 N–H and O–H groups in total. The quantitative estimate of drug-likeness (QED) is 0.619. The van der Waals surface area contributed by atoms with Crippen LogP contribution in [-0.4, -0.2) is 13.5 Å². The van der Waals surface area contributed by atoms with Crippen molar-refractivity contribution in [1.82, 2.24) is 0 Å². The number of rotatable bonds is 4. The lowest BCUT2D eigenvalue weighted by Gasteiger charge is -2.13. The molecule has 0 unspecified atom stereocenters. The minimum absolute atomic E-state index is 0.0841. The molecule has 0 spiro atoms. The number of phenols is 1. The Bertz CT molecular complexity index is 999. The summed E-state index contributed by atoms with van der Waals surface area (Å²) in [4.78, 5) is 0.202. The first-order valence-electron chi connectivity index (χ1n) is 7.44. The molecule has 0 saturated carbocycles. The molecule has 0 aliphatic carbocycles.